The molecule has 2 N–H and O–H groups in total. The molecule has 108 valence electrons. The molecule has 0 atom stereocenters. The number of aryl methyl sites for hydroxylation is 1. The van der Waals surface area contributed by atoms with Crippen LogP contribution < -0.4 is 5.14 Å². The number of nitrogens with two attached hydrogens (primary N) is 1. The van der Waals surface area contributed by atoms with Crippen molar-refractivity contribution in [2.45, 2.75) is 32.6 Å². The second kappa shape index (κ2) is 5.75. The second-order valence-electron chi connectivity index (χ2n) is 4.81. The first-order valence-corrected chi connectivity index (χ1v) is 7.64. The minimum absolute atomic E-state index is 0.00373. The molecule has 7 heteroatoms. The van der Waals surface area contributed by atoms with Crippen LogP contribution in [0, 0.1) is 12.8 Å². The Morgan fingerprint density at radius 2 is 2.05 bits per heavy atom. The van der Waals surface area contributed by atoms with Gasteiger partial charge in [-0.1, -0.05) is 13.8 Å². The highest BCUT2D eigenvalue weighted by atomic mass is 32.2. The first-order valence-electron chi connectivity index (χ1n) is 6.09. The van der Waals surface area contributed by atoms with Crippen molar-refractivity contribution in [3.63, 3.8) is 0 Å². The van der Waals surface area contributed by atoms with Gasteiger partial charge in [0.1, 0.15) is 10.7 Å². The molecule has 0 saturated carbocycles. The number of nitrogens with zero attached hydrogens (tertiary/aromatic N) is 1. The van der Waals surface area contributed by atoms with Gasteiger partial charge in [-0.05, 0) is 19.8 Å². The van der Waals surface area contributed by atoms with Crippen molar-refractivity contribution in [2.24, 2.45) is 11.1 Å². The van der Waals surface area contributed by atoms with Gasteiger partial charge in [0, 0.05) is 19.2 Å². The van der Waals surface area contributed by atoms with E-state index < -0.39 is 10.0 Å². The van der Waals surface area contributed by atoms with Crippen molar-refractivity contribution >= 4 is 15.9 Å². The Morgan fingerprint density at radius 1 is 1.47 bits per heavy atom. The molecule has 1 amide bonds. The van der Waals surface area contributed by atoms with Gasteiger partial charge in [0.25, 0.3) is 5.91 Å². The number of sulfonamides is 1. The van der Waals surface area contributed by atoms with E-state index in [-0.39, 0.29) is 22.3 Å². The first-order chi connectivity index (χ1) is 8.66. The molecule has 1 aromatic heterocycles. The van der Waals surface area contributed by atoms with Gasteiger partial charge in [0.2, 0.25) is 10.0 Å². The number of hydrogen-bond acceptors (Lipinski definition) is 4. The summed E-state index contributed by atoms with van der Waals surface area (Å²) < 4.78 is 27.8. The monoisotopic (exact) mass is 288 g/mol. The Labute approximate surface area is 113 Å². The number of primary sulfonamides is 1. The van der Waals surface area contributed by atoms with Gasteiger partial charge >= 0.3 is 0 Å². The minimum Gasteiger partial charge on any atom is -0.455 e. The van der Waals surface area contributed by atoms with E-state index in [1.54, 1.807) is 4.90 Å². The largest absolute Gasteiger partial charge is 0.455 e. The third-order valence-corrected chi connectivity index (χ3v) is 3.66. The highest BCUT2D eigenvalue weighted by molar-refractivity contribution is 7.89. The fraction of sp³-hybridized carbons (Fsp3) is 0.583. The Balaban J connectivity index is 3.07. The summed E-state index contributed by atoms with van der Waals surface area (Å²) in [6.45, 7) is 8.44. The van der Waals surface area contributed by atoms with Crippen LogP contribution in [0.5, 0.6) is 0 Å². The number of carbonyl (C=O) groups excluding carboxylic acids is 1. The average molecular weight is 288 g/mol. The number of hydrogen-bond donors (Lipinski definition) is 1. The highest BCUT2D eigenvalue weighted by Crippen LogP contribution is 2.20. The highest BCUT2D eigenvalue weighted by Gasteiger charge is 2.24. The molecule has 0 saturated heterocycles. The van der Waals surface area contributed by atoms with Gasteiger partial charge in [-0.25, -0.2) is 13.6 Å². The molecular weight excluding hydrogens is 268 g/mol. The van der Waals surface area contributed by atoms with E-state index in [4.69, 9.17) is 9.56 Å². The van der Waals surface area contributed by atoms with Crippen molar-refractivity contribution in [1.29, 1.82) is 0 Å². The van der Waals surface area contributed by atoms with Gasteiger partial charge in [0.15, 0.2) is 5.76 Å². The zero-order valence-corrected chi connectivity index (χ0v) is 12.5. The summed E-state index contributed by atoms with van der Waals surface area (Å²) in [6.07, 6.45) is 0. The lowest BCUT2D eigenvalue weighted by atomic mass is 10.2. The number of amides is 1. The van der Waals surface area contributed by atoms with Crippen molar-refractivity contribution in [2.75, 3.05) is 13.1 Å². The van der Waals surface area contributed by atoms with Gasteiger partial charge in [-0.2, -0.15) is 0 Å². The third-order valence-electron chi connectivity index (χ3n) is 2.64. The minimum atomic E-state index is -3.87. The average Bonchev–Trinajstić information content (AvgIpc) is 2.66. The van der Waals surface area contributed by atoms with Crippen LogP contribution in [0.15, 0.2) is 15.4 Å². The fourth-order valence-electron chi connectivity index (χ4n) is 1.81. The molecule has 0 unspecified atom stereocenters. The third kappa shape index (κ3) is 3.81. The van der Waals surface area contributed by atoms with E-state index >= 15 is 0 Å². The predicted molar refractivity (Wildman–Crippen MR) is 71.2 cm³/mol. The number of furan rings is 1. The van der Waals surface area contributed by atoms with Crippen LogP contribution in [0.2, 0.25) is 0 Å². The predicted octanol–water partition coefficient (Wildman–Crippen LogP) is 1.35. The zero-order valence-electron chi connectivity index (χ0n) is 11.6. The van der Waals surface area contributed by atoms with Crippen LogP contribution in [0.25, 0.3) is 0 Å². The van der Waals surface area contributed by atoms with Crippen molar-refractivity contribution in [3.8, 4) is 0 Å². The van der Waals surface area contributed by atoms with E-state index in [2.05, 4.69) is 0 Å². The summed E-state index contributed by atoms with van der Waals surface area (Å²) in [5.41, 5.74) is 0. The van der Waals surface area contributed by atoms with Gasteiger partial charge in [-0.3, -0.25) is 4.79 Å². The van der Waals surface area contributed by atoms with E-state index in [0.29, 0.717) is 19.0 Å². The molecule has 0 radical (unpaired) electrons. The summed E-state index contributed by atoms with van der Waals surface area (Å²) in [5, 5.41) is 5.05. The Kier molecular flexibility index (Phi) is 4.75. The molecule has 0 aromatic carbocycles. The van der Waals surface area contributed by atoms with Crippen molar-refractivity contribution in [3.05, 3.63) is 17.6 Å². The Bertz CT molecular complexity index is 560. The van der Waals surface area contributed by atoms with Crippen LogP contribution in [-0.2, 0) is 10.0 Å². The number of carbonyl (C=O) groups is 1. The summed E-state index contributed by atoms with van der Waals surface area (Å²) in [4.78, 5) is 13.7. The van der Waals surface area contributed by atoms with E-state index in [9.17, 15) is 13.2 Å². The van der Waals surface area contributed by atoms with E-state index in [1.807, 2.05) is 20.8 Å². The molecule has 19 heavy (non-hydrogen) atoms. The van der Waals surface area contributed by atoms with E-state index in [1.165, 1.54) is 13.0 Å². The molecule has 0 aliphatic carbocycles. The van der Waals surface area contributed by atoms with Crippen LogP contribution in [0.1, 0.15) is 37.1 Å². The maximum Gasteiger partial charge on any atom is 0.289 e. The molecule has 0 aliphatic rings. The lowest BCUT2D eigenvalue weighted by Gasteiger charge is -2.21. The van der Waals surface area contributed by atoms with Crippen molar-refractivity contribution in [1.82, 2.24) is 4.90 Å². The molecular formula is C12H20N2O4S. The summed E-state index contributed by atoms with van der Waals surface area (Å²) in [6, 6.07) is 1.19. The molecule has 6 nitrogen and oxygen atoms in total. The van der Waals surface area contributed by atoms with Crippen molar-refractivity contribution < 1.29 is 17.6 Å². The summed E-state index contributed by atoms with van der Waals surface area (Å²) in [7, 11) is -3.87. The number of rotatable bonds is 5. The SMILES string of the molecule is CCN(CC(C)C)C(=O)c1cc(S(N)(=O)=O)c(C)o1. The molecule has 1 aromatic rings. The lowest BCUT2D eigenvalue weighted by Crippen LogP contribution is -2.33. The maximum atomic E-state index is 12.2. The fourth-order valence-corrected chi connectivity index (χ4v) is 2.52. The molecule has 0 aliphatic heterocycles. The second-order valence-corrected chi connectivity index (χ2v) is 6.34. The van der Waals surface area contributed by atoms with Crippen LogP contribution in [-0.4, -0.2) is 32.3 Å². The van der Waals surface area contributed by atoms with Gasteiger partial charge < -0.3 is 9.32 Å². The topological polar surface area (TPSA) is 93.6 Å². The standard InChI is InChI=1S/C12H20N2O4S/c1-5-14(7-8(2)3)12(15)10-6-11(9(4)18-10)19(13,16)17/h6,8H,5,7H2,1-4H3,(H2,13,16,17). The normalized spacial score (nSPS) is 11.9. The maximum absolute atomic E-state index is 12.2. The quantitative estimate of drug-likeness (QED) is 0.885. The smallest absolute Gasteiger partial charge is 0.289 e. The molecule has 1 rings (SSSR count). The molecule has 1 heterocycles. The Hall–Kier alpha value is -1.34. The summed E-state index contributed by atoms with van der Waals surface area (Å²) >= 11 is 0. The van der Waals surface area contributed by atoms with Gasteiger partial charge in [0.05, 0.1) is 0 Å². The molecule has 0 spiro atoms. The first kappa shape index (κ1) is 15.7. The van der Waals surface area contributed by atoms with Gasteiger partial charge in [-0.15, -0.1) is 0 Å². The van der Waals surface area contributed by atoms with Crippen LogP contribution >= 0.6 is 0 Å². The molecule has 0 bridgehead atoms. The molecule has 0 fully saturated rings. The summed E-state index contributed by atoms with van der Waals surface area (Å²) in [5.74, 6) is 0.127. The zero-order chi connectivity index (χ0) is 14.8. The Morgan fingerprint density at radius 3 is 2.42 bits per heavy atom. The lowest BCUT2D eigenvalue weighted by molar-refractivity contribution is 0.0712. The van der Waals surface area contributed by atoms with Crippen LogP contribution in [0.4, 0.5) is 0 Å². The van der Waals surface area contributed by atoms with Crippen LogP contribution in [0.3, 0.4) is 0 Å². The van der Waals surface area contributed by atoms with E-state index in [0.717, 1.165) is 0 Å².